The molecule has 2 heteroatoms. The van der Waals surface area contributed by atoms with Gasteiger partial charge in [-0.3, -0.25) is 0 Å². The molecule has 2 rings (SSSR count). The lowest BCUT2D eigenvalue weighted by atomic mass is 10.00. The number of rotatable bonds is 6. The van der Waals surface area contributed by atoms with Gasteiger partial charge in [0.15, 0.2) is 0 Å². The number of benzene rings is 1. The number of nitrogens with zero attached hydrogens (tertiary/aromatic N) is 1. The van der Waals surface area contributed by atoms with Crippen LogP contribution in [0.4, 0.5) is 5.69 Å². The van der Waals surface area contributed by atoms with Crippen molar-refractivity contribution in [1.82, 2.24) is 0 Å². The molecule has 0 radical (unpaired) electrons. The van der Waals surface area contributed by atoms with E-state index in [1.165, 1.54) is 36.9 Å². The second-order valence-corrected chi connectivity index (χ2v) is 6.56. The molecular formula is C18H30N2. The molecule has 1 aromatic rings. The molecule has 0 saturated heterocycles. The van der Waals surface area contributed by atoms with Crippen LogP contribution in [0.25, 0.3) is 0 Å². The van der Waals surface area contributed by atoms with Gasteiger partial charge in [-0.1, -0.05) is 51.8 Å². The lowest BCUT2D eigenvalue weighted by Gasteiger charge is -2.35. The Hall–Kier alpha value is -1.02. The van der Waals surface area contributed by atoms with Gasteiger partial charge >= 0.3 is 0 Å². The van der Waals surface area contributed by atoms with Crippen molar-refractivity contribution in [3.8, 4) is 0 Å². The van der Waals surface area contributed by atoms with Gasteiger partial charge < -0.3 is 10.6 Å². The standard InChI is InChI=1S/C18H30N2/c1-4-17(19)16-11-7-8-12-18(16)20(13-14(2)3)15-9-5-6-10-15/h7-8,11-12,14-15,17H,4-6,9-10,13,19H2,1-3H3/t17-/m0/s1. The second-order valence-electron chi connectivity index (χ2n) is 6.56. The van der Waals surface area contributed by atoms with Crippen LogP contribution in [0.1, 0.15) is 64.5 Å². The van der Waals surface area contributed by atoms with Gasteiger partial charge in [-0.2, -0.15) is 0 Å². The summed E-state index contributed by atoms with van der Waals surface area (Å²) in [5, 5.41) is 0. The number of para-hydroxylation sites is 1. The molecule has 1 atom stereocenters. The van der Waals surface area contributed by atoms with Crippen molar-refractivity contribution in [2.45, 2.75) is 65.0 Å². The highest BCUT2D eigenvalue weighted by Crippen LogP contribution is 2.33. The molecule has 1 saturated carbocycles. The smallest absolute Gasteiger partial charge is 0.0417 e. The third-order valence-corrected chi connectivity index (χ3v) is 4.41. The van der Waals surface area contributed by atoms with Crippen molar-refractivity contribution in [1.29, 1.82) is 0 Å². The van der Waals surface area contributed by atoms with Crippen molar-refractivity contribution < 1.29 is 0 Å². The SMILES string of the molecule is CC[C@H](N)c1ccccc1N(CC(C)C)C1CCCC1. The van der Waals surface area contributed by atoms with E-state index in [0.717, 1.165) is 13.0 Å². The summed E-state index contributed by atoms with van der Waals surface area (Å²) in [7, 11) is 0. The van der Waals surface area contributed by atoms with Crippen molar-refractivity contribution in [2.75, 3.05) is 11.4 Å². The Labute approximate surface area is 124 Å². The molecular weight excluding hydrogens is 244 g/mol. The molecule has 0 aliphatic heterocycles. The summed E-state index contributed by atoms with van der Waals surface area (Å²) in [6, 6.07) is 9.63. The van der Waals surface area contributed by atoms with Crippen LogP contribution in [0, 0.1) is 5.92 Å². The van der Waals surface area contributed by atoms with Crippen LogP contribution < -0.4 is 10.6 Å². The zero-order valence-electron chi connectivity index (χ0n) is 13.3. The van der Waals surface area contributed by atoms with Crippen molar-refractivity contribution in [2.24, 2.45) is 11.7 Å². The molecule has 1 aromatic carbocycles. The van der Waals surface area contributed by atoms with E-state index in [2.05, 4.69) is 49.9 Å². The summed E-state index contributed by atoms with van der Waals surface area (Å²) in [5.74, 6) is 0.682. The predicted octanol–water partition coefficient (Wildman–Crippen LogP) is 4.50. The Kier molecular flexibility index (Phi) is 5.47. The zero-order valence-corrected chi connectivity index (χ0v) is 13.3. The molecule has 1 fully saturated rings. The molecule has 0 amide bonds. The fourth-order valence-electron chi connectivity index (χ4n) is 3.34. The Morgan fingerprint density at radius 3 is 2.45 bits per heavy atom. The quantitative estimate of drug-likeness (QED) is 0.827. The summed E-state index contributed by atoms with van der Waals surface area (Å²) in [6.45, 7) is 7.93. The molecule has 112 valence electrons. The van der Waals surface area contributed by atoms with Crippen molar-refractivity contribution >= 4 is 5.69 Å². The second kappa shape index (κ2) is 7.12. The first-order valence-electron chi connectivity index (χ1n) is 8.24. The number of anilines is 1. The van der Waals surface area contributed by atoms with Crippen LogP contribution >= 0.6 is 0 Å². The van der Waals surface area contributed by atoms with Gasteiger partial charge in [0.05, 0.1) is 0 Å². The zero-order chi connectivity index (χ0) is 14.5. The lowest BCUT2D eigenvalue weighted by Crippen LogP contribution is -2.37. The highest BCUT2D eigenvalue weighted by molar-refractivity contribution is 5.56. The Bertz CT molecular complexity index is 408. The van der Waals surface area contributed by atoms with Crippen LogP contribution in [0.3, 0.4) is 0 Å². The van der Waals surface area contributed by atoms with Crippen molar-refractivity contribution in [3.05, 3.63) is 29.8 Å². The summed E-state index contributed by atoms with van der Waals surface area (Å²) in [5.41, 5.74) is 9.03. The molecule has 2 N–H and O–H groups in total. The Morgan fingerprint density at radius 2 is 1.85 bits per heavy atom. The predicted molar refractivity (Wildman–Crippen MR) is 88.1 cm³/mol. The van der Waals surface area contributed by atoms with E-state index < -0.39 is 0 Å². The fraction of sp³-hybridized carbons (Fsp3) is 0.667. The van der Waals surface area contributed by atoms with E-state index in [9.17, 15) is 0 Å². The maximum atomic E-state index is 6.34. The van der Waals surface area contributed by atoms with Crippen molar-refractivity contribution in [3.63, 3.8) is 0 Å². The van der Waals surface area contributed by atoms with Crippen LogP contribution in [0.5, 0.6) is 0 Å². The fourth-order valence-corrected chi connectivity index (χ4v) is 3.34. The normalized spacial score (nSPS) is 17.6. The molecule has 1 aliphatic rings. The van der Waals surface area contributed by atoms with Crippen LogP contribution in [-0.4, -0.2) is 12.6 Å². The molecule has 0 heterocycles. The highest BCUT2D eigenvalue weighted by Gasteiger charge is 2.25. The molecule has 1 aliphatic carbocycles. The molecule has 20 heavy (non-hydrogen) atoms. The lowest BCUT2D eigenvalue weighted by molar-refractivity contribution is 0.531. The summed E-state index contributed by atoms with van der Waals surface area (Å²) in [4.78, 5) is 2.64. The minimum absolute atomic E-state index is 0.155. The number of nitrogens with two attached hydrogens (primary N) is 1. The van der Waals surface area contributed by atoms with E-state index >= 15 is 0 Å². The molecule has 2 nitrogen and oxygen atoms in total. The first kappa shape index (κ1) is 15.4. The molecule has 0 aromatic heterocycles. The first-order valence-corrected chi connectivity index (χ1v) is 8.24. The molecule has 0 bridgehead atoms. The van der Waals surface area contributed by atoms with E-state index in [1.807, 2.05) is 0 Å². The summed E-state index contributed by atoms with van der Waals surface area (Å²) in [6.07, 6.45) is 6.42. The van der Waals surface area contributed by atoms with E-state index in [0.29, 0.717) is 12.0 Å². The highest BCUT2D eigenvalue weighted by atomic mass is 15.2. The number of hydrogen-bond donors (Lipinski definition) is 1. The van der Waals surface area contributed by atoms with Gasteiger partial charge in [-0.25, -0.2) is 0 Å². The molecule has 0 spiro atoms. The third kappa shape index (κ3) is 3.54. The average Bonchev–Trinajstić information content (AvgIpc) is 2.97. The average molecular weight is 274 g/mol. The van der Waals surface area contributed by atoms with Gasteiger partial charge in [0.2, 0.25) is 0 Å². The van der Waals surface area contributed by atoms with Gasteiger partial charge in [0.25, 0.3) is 0 Å². The summed E-state index contributed by atoms with van der Waals surface area (Å²) >= 11 is 0. The van der Waals surface area contributed by atoms with Gasteiger partial charge in [-0.05, 0) is 36.8 Å². The topological polar surface area (TPSA) is 29.3 Å². The monoisotopic (exact) mass is 274 g/mol. The Morgan fingerprint density at radius 1 is 1.20 bits per heavy atom. The van der Waals surface area contributed by atoms with Gasteiger partial charge in [0.1, 0.15) is 0 Å². The van der Waals surface area contributed by atoms with Gasteiger partial charge in [0, 0.05) is 24.3 Å². The van der Waals surface area contributed by atoms with Crippen LogP contribution in [0.15, 0.2) is 24.3 Å². The first-order chi connectivity index (χ1) is 9.63. The maximum absolute atomic E-state index is 6.34. The third-order valence-electron chi connectivity index (χ3n) is 4.41. The minimum Gasteiger partial charge on any atom is -0.368 e. The molecule has 0 unspecified atom stereocenters. The van der Waals surface area contributed by atoms with Crippen LogP contribution in [0.2, 0.25) is 0 Å². The van der Waals surface area contributed by atoms with E-state index in [4.69, 9.17) is 5.73 Å². The van der Waals surface area contributed by atoms with E-state index in [1.54, 1.807) is 0 Å². The van der Waals surface area contributed by atoms with E-state index in [-0.39, 0.29) is 6.04 Å². The maximum Gasteiger partial charge on any atom is 0.0417 e. The largest absolute Gasteiger partial charge is 0.368 e. The van der Waals surface area contributed by atoms with Gasteiger partial charge in [-0.15, -0.1) is 0 Å². The minimum atomic E-state index is 0.155. The Balaban J connectivity index is 2.32. The number of hydrogen-bond acceptors (Lipinski definition) is 2. The van der Waals surface area contributed by atoms with Crippen LogP contribution in [-0.2, 0) is 0 Å². The summed E-state index contributed by atoms with van der Waals surface area (Å²) < 4.78 is 0.